The number of carbonyl (C=O) groups excluding carboxylic acids is 1. The molecule has 1 aliphatic heterocycles. The lowest BCUT2D eigenvalue weighted by molar-refractivity contribution is -0.150. The molecule has 0 aromatic rings. The molecule has 1 fully saturated rings. The molecule has 2 N–H and O–H groups in total. The molecule has 0 aromatic heterocycles. The number of hydrogen-bond acceptors (Lipinski definition) is 3. The highest BCUT2D eigenvalue weighted by Crippen LogP contribution is 2.31. The number of carboxylic acid groups (broad SMARTS) is 1. The van der Waals surface area contributed by atoms with Crippen molar-refractivity contribution in [3.05, 3.63) is 0 Å². The summed E-state index contributed by atoms with van der Waals surface area (Å²) in [6.07, 6.45) is 2.06. The molecule has 1 rings (SSSR count). The van der Waals surface area contributed by atoms with Crippen molar-refractivity contribution < 1.29 is 14.7 Å². The third-order valence-electron chi connectivity index (χ3n) is 4.98. The Morgan fingerprint density at radius 1 is 1.29 bits per heavy atom. The Morgan fingerprint density at radius 3 is 2.33 bits per heavy atom. The molecule has 0 spiro atoms. The quantitative estimate of drug-likeness (QED) is 0.827. The van der Waals surface area contributed by atoms with Gasteiger partial charge in [0.25, 0.3) is 0 Å². The number of rotatable bonds is 4. The molecular weight excluding hydrogens is 270 g/mol. The molecule has 1 atom stereocenters. The highest BCUT2D eigenvalue weighted by Gasteiger charge is 2.45. The second kappa shape index (κ2) is 6.22. The molecule has 2 amide bonds. The summed E-state index contributed by atoms with van der Waals surface area (Å²) in [5, 5.41) is 12.2. The first-order valence-corrected chi connectivity index (χ1v) is 7.46. The van der Waals surface area contributed by atoms with E-state index in [0.29, 0.717) is 0 Å². The molecular formula is C15H29N3O3. The summed E-state index contributed by atoms with van der Waals surface area (Å²) in [6, 6.07) is -0.0397. The van der Waals surface area contributed by atoms with E-state index in [9.17, 15) is 14.7 Å². The largest absolute Gasteiger partial charge is 0.481 e. The van der Waals surface area contributed by atoms with Gasteiger partial charge in [0.2, 0.25) is 0 Å². The molecule has 1 aliphatic rings. The molecule has 6 nitrogen and oxygen atoms in total. The van der Waals surface area contributed by atoms with Crippen molar-refractivity contribution in [1.82, 2.24) is 15.1 Å². The minimum absolute atomic E-state index is 0.174. The Kier molecular flexibility index (Phi) is 5.25. The van der Waals surface area contributed by atoms with Gasteiger partial charge in [-0.3, -0.25) is 4.79 Å². The number of carboxylic acids is 1. The van der Waals surface area contributed by atoms with E-state index in [2.05, 4.69) is 17.3 Å². The summed E-state index contributed by atoms with van der Waals surface area (Å²) in [4.78, 5) is 27.7. The maximum Gasteiger partial charge on any atom is 0.317 e. The fourth-order valence-electron chi connectivity index (χ4n) is 2.40. The summed E-state index contributed by atoms with van der Waals surface area (Å²) in [5.41, 5.74) is -1.89. The number of likely N-dealkylation sites (tertiary alicyclic amines) is 1. The average Bonchev–Trinajstić information content (AvgIpc) is 2.36. The van der Waals surface area contributed by atoms with E-state index in [0.717, 1.165) is 25.9 Å². The van der Waals surface area contributed by atoms with Gasteiger partial charge in [0.15, 0.2) is 0 Å². The first kappa shape index (κ1) is 17.8. The topological polar surface area (TPSA) is 72.9 Å². The Hall–Kier alpha value is -1.30. The maximum atomic E-state index is 12.4. The van der Waals surface area contributed by atoms with Crippen LogP contribution in [0.15, 0.2) is 0 Å². The van der Waals surface area contributed by atoms with E-state index >= 15 is 0 Å². The smallest absolute Gasteiger partial charge is 0.317 e. The summed E-state index contributed by atoms with van der Waals surface area (Å²) >= 11 is 0. The fourth-order valence-corrected chi connectivity index (χ4v) is 2.40. The van der Waals surface area contributed by atoms with E-state index in [1.807, 2.05) is 0 Å². The molecule has 6 heteroatoms. The minimum atomic E-state index is -1.05. The number of amides is 2. The van der Waals surface area contributed by atoms with Gasteiger partial charge in [-0.1, -0.05) is 0 Å². The standard InChI is InChI=1S/C15H29N3O3/c1-14(2,12(19)20)15(3,4)16-13(21)18(6)11-8-7-9-17(5)10-11/h11H,7-10H2,1-6H3,(H,16,21)(H,19,20). The molecule has 122 valence electrons. The van der Waals surface area contributed by atoms with Gasteiger partial charge in [-0.15, -0.1) is 0 Å². The lowest BCUT2D eigenvalue weighted by Gasteiger charge is -2.42. The Labute approximate surface area is 127 Å². The van der Waals surface area contributed by atoms with Crippen LogP contribution in [0.1, 0.15) is 40.5 Å². The third-order valence-corrected chi connectivity index (χ3v) is 4.98. The summed E-state index contributed by atoms with van der Waals surface area (Å²) in [5.74, 6) is -0.923. The van der Waals surface area contributed by atoms with Crippen molar-refractivity contribution >= 4 is 12.0 Å². The lowest BCUT2D eigenvalue weighted by Crippen LogP contribution is -2.61. The van der Waals surface area contributed by atoms with Gasteiger partial charge in [0.05, 0.1) is 11.0 Å². The van der Waals surface area contributed by atoms with Crippen molar-refractivity contribution in [2.45, 2.75) is 52.1 Å². The molecule has 0 bridgehead atoms. The molecule has 0 radical (unpaired) electrons. The molecule has 0 aliphatic carbocycles. The first-order chi connectivity index (χ1) is 9.49. The second-order valence-corrected chi connectivity index (χ2v) is 7.15. The zero-order chi connectivity index (χ0) is 16.4. The van der Waals surface area contributed by atoms with Crippen molar-refractivity contribution in [2.24, 2.45) is 5.41 Å². The monoisotopic (exact) mass is 299 g/mol. The van der Waals surface area contributed by atoms with Crippen LogP contribution in [0.5, 0.6) is 0 Å². The van der Waals surface area contributed by atoms with Crippen LogP contribution in [-0.4, -0.2) is 65.7 Å². The number of carbonyl (C=O) groups is 2. The van der Waals surface area contributed by atoms with Crippen LogP contribution in [0.25, 0.3) is 0 Å². The number of hydrogen-bond donors (Lipinski definition) is 2. The van der Waals surface area contributed by atoms with Gasteiger partial charge in [-0.2, -0.15) is 0 Å². The zero-order valence-corrected chi connectivity index (χ0v) is 14.1. The summed E-state index contributed by atoms with van der Waals surface area (Å²) < 4.78 is 0. The van der Waals surface area contributed by atoms with Gasteiger partial charge in [-0.25, -0.2) is 4.79 Å². The van der Waals surface area contributed by atoms with Gasteiger partial charge in [-0.05, 0) is 54.1 Å². The lowest BCUT2D eigenvalue weighted by atomic mass is 9.74. The fraction of sp³-hybridized carbons (Fsp3) is 0.867. The number of nitrogens with one attached hydrogen (secondary N) is 1. The summed E-state index contributed by atoms with van der Waals surface area (Å²) in [6.45, 7) is 8.67. The van der Waals surface area contributed by atoms with Gasteiger partial charge in [0.1, 0.15) is 0 Å². The highest BCUT2D eigenvalue weighted by atomic mass is 16.4. The van der Waals surface area contributed by atoms with E-state index in [1.54, 1.807) is 39.6 Å². The number of likely N-dealkylation sites (N-methyl/N-ethyl adjacent to an activating group) is 2. The van der Waals surface area contributed by atoms with Crippen LogP contribution < -0.4 is 5.32 Å². The van der Waals surface area contributed by atoms with Gasteiger partial charge < -0.3 is 20.2 Å². The van der Waals surface area contributed by atoms with Crippen LogP contribution in [0.4, 0.5) is 4.79 Å². The SMILES string of the molecule is CN1CCCC(N(C)C(=O)NC(C)(C)C(C)(C)C(=O)O)C1. The van der Waals surface area contributed by atoms with E-state index in [4.69, 9.17) is 0 Å². The predicted octanol–water partition coefficient (Wildman–Crippen LogP) is 1.61. The van der Waals surface area contributed by atoms with Crippen LogP contribution in [0, 0.1) is 5.41 Å². The highest BCUT2D eigenvalue weighted by molar-refractivity contribution is 5.79. The van der Waals surface area contributed by atoms with E-state index < -0.39 is 16.9 Å². The molecule has 0 saturated carbocycles. The Morgan fingerprint density at radius 2 is 1.86 bits per heavy atom. The van der Waals surface area contributed by atoms with E-state index in [1.165, 1.54) is 0 Å². The van der Waals surface area contributed by atoms with Gasteiger partial charge >= 0.3 is 12.0 Å². The molecule has 1 saturated heterocycles. The molecule has 21 heavy (non-hydrogen) atoms. The number of aliphatic carboxylic acids is 1. The number of urea groups is 1. The Balaban J connectivity index is 2.73. The first-order valence-electron chi connectivity index (χ1n) is 7.46. The zero-order valence-electron chi connectivity index (χ0n) is 14.1. The third kappa shape index (κ3) is 3.87. The minimum Gasteiger partial charge on any atom is -0.481 e. The van der Waals surface area contributed by atoms with Crippen molar-refractivity contribution in [3.63, 3.8) is 0 Å². The van der Waals surface area contributed by atoms with Crippen LogP contribution in [-0.2, 0) is 4.79 Å². The molecule has 0 aromatic carbocycles. The maximum absolute atomic E-state index is 12.4. The van der Waals surface area contributed by atoms with Crippen molar-refractivity contribution in [2.75, 3.05) is 27.2 Å². The van der Waals surface area contributed by atoms with Crippen molar-refractivity contribution in [1.29, 1.82) is 0 Å². The van der Waals surface area contributed by atoms with Gasteiger partial charge in [0, 0.05) is 19.6 Å². The number of piperidine rings is 1. The van der Waals surface area contributed by atoms with E-state index in [-0.39, 0.29) is 12.1 Å². The predicted molar refractivity (Wildman–Crippen MR) is 82.3 cm³/mol. The van der Waals surface area contributed by atoms with Crippen LogP contribution >= 0.6 is 0 Å². The Bertz CT molecular complexity index is 407. The van der Waals surface area contributed by atoms with Crippen molar-refractivity contribution in [3.8, 4) is 0 Å². The number of nitrogens with zero attached hydrogens (tertiary/aromatic N) is 2. The van der Waals surface area contributed by atoms with Crippen LogP contribution in [0.2, 0.25) is 0 Å². The molecule has 1 unspecified atom stereocenters. The normalized spacial score (nSPS) is 21.0. The average molecular weight is 299 g/mol. The molecule has 1 heterocycles. The second-order valence-electron chi connectivity index (χ2n) is 7.15. The van der Waals surface area contributed by atoms with Crippen LogP contribution in [0.3, 0.4) is 0 Å². The summed E-state index contributed by atoms with van der Waals surface area (Å²) in [7, 11) is 3.83.